The Balaban J connectivity index is 1.47. The number of carbonyl (C=O) groups is 6. The van der Waals surface area contributed by atoms with Crippen LogP contribution in [0.25, 0.3) is 0 Å². The number of amides is 2. The van der Waals surface area contributed by atoms with Crippen LogP contribution >= 0.6 is 0 Å². The summed E-state index contributed by atoms with van der Waals surface area (Å²) in [5, 5.41) is 35.3. The number of Topliss-reactive ketones (excluding diaryl/α,β-unsaturated/α-hetero) is 4. The number of nitrogens with two attached hydrogens (primary N) is 1. The van der Waals surface area contributed by atoms with Gasteiger partial charge in [-0.15, -0.1) is 0 Å². The molecule has 6 rings (SSSR count). The van der Waals surface area contributed by atoms with Gasteiger partial charge in [0.05, 0.1) is 35.4 Å². The first-order valence-electron chi connectivity index (χ1n) is 13.3. The predicted octanol–water partition coefficient (Wildman–Crippen LogP) is -2.11. The van der Waals surface area contributed by atoms with E-state index in [0.717, 1.165) is 0 Å². The van der Waals surface area contributed by atoms with Crippen LogP contribution in [0.15, 0.2) is 0 Å². The zero-order valence-corrected chi connectivity index (χ0v) is 22.2. The van der Waals surface area contributed by atoms with E-state index >= 15 is 4.39 Å². The molecule has 0 radical (unpaired) electrons. The Hall–Kier alpha value is -3.59. The Kier molecular flexibility index (Phi) is 6.02. The second kappa shape index (κ2) is 8.95. The minimum absolute atomic E-state index is 0.0745. The number of nitrogens with one attached hydrogen (secondary N) is 1. The molecular weight excluding hydrogens is 543 g/mol. The van der Waals surface area contributed by atoms with Gasteiger partial charge in [-0.3, -0.25) is 38.6 Å². The lowest BCUT2D eigenvalue weighted by Gasteiger charge is -2.52. The van der Waals surface area contributed by atoms with Crippen LogP contribution < -0.4 is 11.1 Å². The molecule has 2 saturated carbocycles. The number of likely N-dealkylation sites (N-methyl/N-ethyl adjacent to an activating group) is 1. The average Bonchev–Trinajstić information content (AvgIpc) is 3.19. The van der Waals surface area contributed by atoms with E-state index in [9.17, 15) is 44.1 Å². The van der Waals surface area contributed by atoms with Crippen molar-refractivity contribution >= 4 is 40.6 Å². The molecule has 2 amide bonds. The molecule has 1 aromatic carbocycles. The third-order valence-electron chi connectivity index (χ3n) is 9.55. The van der Waals surface area contributed by atoms with Crippen LogP contribution in [-0.4, -0.2) is 104 Å². The molecule has 14 heteroatoms. The van der Waals surface area contributed by atoms with Crippen molar-refractivity contribution in [3.05, 3.63) is 22.5 Å². The van der Waals surface area contributed by atoms with Gasteiger partial charge in [-0.05, 0) is 39.3 Å². The lowest BCUT2D eigenvalue weighted by Crippen LogP contribution is -2.74. The molecule has 1 saturated heterocycles. The molecule has 3 aliphatic carbocycles. The third-order valence-corrected chi connectivity index (χ3v) is 9.55. The van der Waals surface area contributed by atoms with Gasteiger partial charge in [0.15, 0.2) is 40.4 Å². The third kappa shape index (κ3) is 3.54. The topological polar surface area (TPSA) is 208 Å². The second-order valence-electron chi connectivity index (χ2n) is 12.0. The monoisotopic (exact) mass is 572 g/mol. The Morgan fingerprint density at radius 3 is 2.44 bits per heavy atom. The predicted molar refractivity (Wildman–Crippen MR) is 135 cm³/mol. The summed E-state index contributed by atoms with van der Waals surface area (Å²) in [7, 11) is 2.94. The van der Waals surface area contributed by atoms with Gasteiger partial charge in [-0.1, -0.05) is 0 Å². The number of rotatable bonds is 2. The van der Waals surface area contributed by atoms with E-state index in [-0.39, 0.29) is 49.2 Å². The Morgan fingerprint density at radius 1 is 1.12 bits per heavy atom. The summed E-state index contributed by atoms with van der Waals surface area (Å²) in [5.41, 5.74) is 1.32. The van der Waals surface area contributed by atoms with Crippen molar-refractivity contribution in [2.24, 2.45) is 29.4 Å². The number of hydrogen-bond acceptors (Lipinski definition) is 11. The van der Waals surface area contributed by atoms with Crippen LogP contribution in [0.2, 0.25) is 0 Å². The molecule has 3 fully saturated rings. The maximum atomic E-state index is 16.2. The first-order chi connectivity index (χ1) is 19.2. The maximum absolute atomic E-state index is 16.2. The molecule has 2 unspecified atom stereocenters. The minimum Gasteiger partial charge on any atom is -0.505 e. The maximum Gasteiger partial charge on any atom is 0.241 e. The lowest BCUT2D eigenvalue weighted by molar-refractivity contribution is -0.181. The molecule has 0 aromatic heterocycles. The molecule has 0 bridgehead atoms. The molecule has 8 atom stereocenters. The molecule has 218 valence electrons. The highest BCUT2D eigenvalue weighted by Gasteiger charge is 2.69. The number of phenols is 1. The number of fused-ring (bicyclic) bond motifs is 5. The van der Waals surface area contributed by atoms with E-state index in [4.69, 9.17) is 5.73 Å². The van der Waals surface area contributed by atoms with Gasteiger partial charge in [0.25, 0.3) is 0 Å². The van der Waals surface area contributed by atoms with Crippen LogP contribution in [0.3, 0.4) is 0 Å². The number of anilines is 1. The minimum atomic E-state index is -2.89. The van der Waals surface area contributed by atoms with Gasteiger partial charge in [-0.2, -0.15) is 0 Å². The highest BCUT2D eigenvalue weighted by Crippen LogP contribution is 2.52. The number of aromatic hydroxyl groups is 1. The number of aliphatic hydroxyl groups excluding tert-OH is 1. The lowest BCUT2D eigenvalue weighted by atomic mass is 9.52. The zero-order valence-electron chi connectivity index (χ0n) is 22.2. The van der Waals surface area contributed by atoms with E-state index in [2.05, 4.69) is 5.32 Å². The van der Waals surface area contributed by atoms with Crippen molar-refractivity contribution in [3.63, 3.8) is 0 Å². The van der Waals surface area contributed by atoms with E-state index in [1.165, 1.54) is 19.0 Å². The fourth-order valence-corrected chi connectivity index (χ4v) is 7.77. The molecule has 5 aliphatic rings. The summed E-state index contributed by atoms with van der Waals surface area (Å²) in [6.07, 6.45) is -1.14. The summed E-state index contributed by atoms with van der Waals surface area (Å²) in [4.78, 5) is 82.1. The van der Waals surface area contributed by atoms with Crippen molar-refractivity contribution in [3.8, 4) is 5.75 Å². The van der Waals surface area contributed by atoms with Gasteiger partial charge in [0, 0.05) is 30.1 Å². The first-order valence-corrected chi connectivity index (χ1v) is 13.3. The van der Waals surface area contributed by atoms with Crippen molar-refractivity contribution in [2.45, 2.75) is 49.6 Å². The Labute approximate surface area is 232 Å². The molecule has 2 heterocycles. The number of halogens is 1. The van der Waals surface area contributed by atoms with Gasteiger partial charge >= 0.3 is 0 Å². The SMILES string of the molecule is CN(C)[C@@H]1C(=O)C(C(N)=O)C(=O)[C@@]2(O)C(=O)C3C(=O)c4c(O)c5c(c(F)c4C[C@H]3C[C@@H]12)CN1C[C@@H](O)C[C@H]1C(=O)N5. The molecule has 2 aliphatic heterocycles. The molecule has 13 nitrogen and oxygen atoms in total. The van der Waals surface area contributed by atoms with E-state index in [0.29, 0.717) is 0 Å². The number of benzene rings is 1. The highest BCUT2D eigenvalue weighted by molar-refractivity contribution is 6.32. The summed E-state index contributed by atoms with van der Waals surface area (Å²) >= 11 is 0. The van der Waals surface area contributed by atoms with Gasteiger partial charge in [0.1, 0.15) is 5.82 Å². The number of hydrogen-bond donors (Lipinski definition) is 5. The molecule has 6 N–H and O–H groups in total. The number of phenolic OH excluding ortho intramolecular Hbond substituents is 1. The van der Waals surface area contributed by atoms with Gasteiger partial charge in [-0.25, -0.2) is 4.39 Å². The second-order valence-corrected chi connectivity index (χ2v) is 12.0. The Bertz CT molecular complexity index is 1480. The normalized spacial score (nSPS) is 36.6. The fourth-order valence-electron chi connectivity index (χ4n) is 7.77. The van der Waals surface area contributed by atoms with E-state index < -0.39 is 99.5 Å². The summed E-state index contributed by atoms with van der Waals surface area (Å²) in [6, 6.07) is -2.05. The number of nitrogens with zero attached hydrogens (tertiary/aromatic N) is 2. The number of ketones is 4. The molecule has 41 heavy (non-hydrogen) atoms. The van der Waals surface area contributed by atoms with Crippen LogP contribution in [0, 0.1) is 29.5 Å². The molecule has 0 spiro atoms. The first kappa shape index (κ1) is 27.6. The van der Waals surface area contributed by atoms with Crippen molar-refractivity contribution in [1.82, 2.24) is 9.80 Å². The molecule has 1 aromatic rings. The summed E-state index contributed by atoms with van der Waals surface area (Å²) in [5.74, 6) is -14.1. The van der Waals surface area contributed by atoms with Crippen LogP contribution in [0.5, 0.6) is 5.75 Å². The highest BCUT2D eigenvalue weighted by atomic mass is 19.1. The van der Waals surface area contributed by atoms with E-state index in [1.807, 2.05) is 0 Å². The fraction of sp³-hybridized carbons (Fsp3) is 0.556. The smallest absolute Gasteiger partial charge is 0.241 e. The number of carbonyl (C=O) groups excluding carboxylic acids is 6. The van der Waals surface area contributed by atoms with Crippen LogP contribution in [-0.2, 0) is 36.9 Å². The quantitative estimate of drug-likeness (QED) is 0.191. The largest absolute Gasteiger partial charge is 0.505 e. The summed E-state index contributed by atoms with van der Waals surface area (Å²) < 4.78 is 16.2. The van der Waals surface area contributed by atoms with Gasteiger partial charge < -0.3 is 26.4 Å². The van der Waals surface area contributed by atoms with Crippen molar-refractivity contribution < 1.29 is 48.5 Å². The number of aliphatic hydroxyl groups is 2. The van der Waals surface area contributed by atoms with Crippen molar-refractivity contribution in [2.75, 3.05) is 26.0 Å². The van der Waals surface area contributed by atoms with Crippen LogP contribution in [0.4, 0.5) is 10.1 Å². The Morgan fingerprint density at radius 2 is 1.80 bits per heavy atom. The van der Waals surface area contributed by atoms with Crippen molar-refractivity contribution in [1.29, 1.82) is 0 Å². The van der Waals surface area contributed by atoms with Gasteiger partial charge in [0.2, 0.25) is 11.8 Å². The summed E-state index contributed by atoms with van der Waals surface area (Å²) in [6.45, 7) is -0.0280. The standard InChI is InChI=1S/C27H29FN4O9/c1-31(2)19-12-4-8-3-10-15(20(34)14(8)23(37)27(12,41)24(38)16(22(19)36)25(29)39)21(35)18-11(17(10)28)7-32-6-9(33)5-13(32)26(40)30-18/h8-9,12-14,16,19,33,35,41H,3-7H2,1-2H3,(H2,29,39)(H,30,40)/t8-,9-,12-,13-,14?,16?,19-,27-/m0/s1. The van der Waals surface area contributed by atoms with Crippen LogP contribution in [0.1, 0.15) is 34.3 Å². The zero-order chi connectivity index (χ0) is 29.9. The van der Waals surface area contributed by atoms with E-state index in [1.54, 1.807) is 4.90 Å². The molecular formula is C27H29FN4O9. The number of primary amides is 1. The average molecular weight is 573 g/mol.